The van der Waals surface area contributed by atoms with E-state index in [1.165, 1.54) is 5.56 Å². The Bertz CT molecular complexity index is 555. The summed E-state index contributed by atoms with van der Waals surface area (Å²) in [5.74, 6) is 1.58. The van der Waals surface area contributed by atoms with Gasteiger partial charge in [0.15, 0.2) is 0 Å². The summed E-state index contributed by atoms with van der Waals surface area (Å²) < 4.78 is 10.7. The first-order chi connectivity index (χ1) is 10.2. The number of rotatable bonds is 7. The zero-order valence-corrected chi connectivity index (χ0v) is 12.8. The van der Waals surface area contributed by atoms with E-state index in [1.54, 1.807) is 13.3 Å². The molecule has 21 heavy (non-hydrogen) atoms. The Kier molecular flexibility index (Phi) is 5.58. The predicted molar refractivity (Wildman–Crippen MR) is 83.7 cm³/mol. The Morgan fingerprint density at radius 1 is 1.19 bits per heavy atom. The van der Waals surface area contributed by atoms with Crippen LogP contribution in [0.2, 0.25) is 0 Å². The van der Waals surface area contributed by atoms with Gasteiger partial charge in [-0.15, -0.1) is 0 Å². The molecule has 0 bridgehead atoms. The maximum Gasteiger partial charge on any atom is 0.217 e. The largest absolute Gasteiger partial charge is 0.494 e. The van der Waals surface area contributed by atoms with Crippen molar-refractivity contribution in [1.29, 1.82) is 0 Å². The topological polar surface area (TPSA) is 43.4 Å². The molecule has 0 spiro atoms. The molecule has 1 aromatic heterocycles. The number of benzene rings is 1. The summed E-state index contributed by atoms with van der Waals surface area (Å²) >= 11 is 0. The van der Waals surface area contributed by atoms with E-state index in [1.807, 2.05) is 31.2 Å². The van der Waals surface area contributed by atoms with Gasteiger partial charge in [0.2, 0.25) is 5.88 Å². The van der Waals surface area contributed by atoms with Crippen LogP contribution in [-0.4, -0.2) is 18.7 Å². The van der Waals surface area contributed by atoms with Crippen molar-refractivity contribution in [3.05, 3.63) is 53.7 Å². The molecule has 0 amide bonds. The molecule has 1 aromatic carbocycles. The van der Waals surface area contributed by atoms with Crippen molar-refractivity contribution in [3.8, 4) is 11.6 Å². The van der Waals surface area contributed by atoms with Gasteiger partial charge in [-0.3, -0.25) is 0 Å². The second kappa shape index (κ2) is 7.64. The van der Waals surface area contributed by atoms with Crippen molar-refractivity contribution in [1.82, 2.24) is 10.3 Å². The van der Waals surface area contributed by atoms with Crippen LogP contribution in [0, 0.1) is 0 Å². The molecular formula is C17H22N2O2. The molecule has 0 aliphatic carbocycles. The Labute approximate surface area is 126 Å². The SMILES string of the molecule is CCOc1ccc(C(C)NCc2cccnc2OC)cc1. The maximum atomic E-state index is 5.45. The molecule has 2 rings (SSSR count). The number of nitrogens with zero attached hydrogens (tertiary/aromatic N) is 1. The summed E-state index contributed by atoms with van der Waals surface area (Å²) in [5, 5.41) is 3.48. The fourth-order valence-corrected chi connectivity index (χ4v) is 2.14. The highest BCUT2D eigenvalue weighted by molar-refractivity contribution is 5.29. The van der Waals surface area contributed by atoms with E-state index >= 15 is 0 Å². The van der Waals surface area contributed by atoms with Crippen LogP contribution in [0.4, 0.5) is 0 Å². The fourth-order valence-electron chi connectivity index (χ4n) is 2.14. The molecule has 1 atom stereocenters. The summed E-state index contributed by atoms with van der Waals surface area (Å²) in [7, 11) is 1.64. The van der Waals surface area contributed by atoms with Crippen LogP contribution in [0.25, 0.3) is 0 Å². The predicted octanol–water partition coefficient (Wildman–Crippen LogP) is 3.34. The van der Waals surface area contributed by atoms with Crippen LogP contribution in [0.15, 0.2) is 42.6 Å². The molecule has 0 aliphatic rings. The molecule has 1 N–H and O–H groups in total. The number of hydrogen-bond donors (Lipinski definition) is 1. The Morgan fingerprint density at radius 3 is 2.62 bits per heavy atom. The average molecular weight is 286 g/mol. The number of pyridine rings is 1. The molecular weight excluding hydrogens is 264 g/mol. The summed E-state index contributed by atoms with van der Waals surface area (Å²) in [6.07, 6.45) is 1.73. The summed E-state index contributed by atoms with van der Waals surface area (Å²) in [6.45, 7) is 5.53. The summed E-state index contributed by atoms with van der Waals surface area (Å²) in [4.78, 5) is 4.20. The number of methoxy groups -OCH3 is 1. The third-order valence-electron chi connectivity index (χ3n) is 3.33. The number of hydrogen-bond acceptors (Lipinski definition) is 4. The van der Waals surface area contributed by atoms with Crippen molar-refractivity contribution in [3.63, 3.8) is 0 Å². The van der Waals surface area contributed by atoms with Crippen LogP contribution in [0.5, 0.6) is 11.6 Å². The van der Waals surface area contributed by atoms with Crippen LogP contribution in [-0.2, 0) is 6.54 Å². The lowest BCUT2D eigenvalue weighted by Gasteiger charge is -2.16. The maximum absolute atomic E-state index is 5.45. The quantitative estimate of drug-likeness (QED) is 0.847. The smallest absolute Gasteiger partial charge is 0.217 e. The fraction of sp³-hybridized carbons (Fsp3) is 0.353. The minimum absolute atomic E-state index is 0.241. The van der Waals surface area contributed by atoms with Crippen LogP contribution >= 0.6 is 0 Å². The second-order valence-electron chi connectivity index (χ2n) is 4.78. The van der Waals surface area contributed by atoms with Crippen molar-refractivity contribution < 1.29 is 9.47 Å². The van der Waals surface area contributed by atoms with Gasteiger partial charge in [0, 0.05) is 24.3 Å². The molecule has 2 aromatic rings. The first-order valence-corrected chi connectivity index (χ1v) is 7.18. The molecule has 0 fully saturated rings. The van der Waals surface area contributed by atoms with Crippen molar-refractivity contribution in [2.75, 3.05) is 13.7 Å². The van der Waals surface area contributed by atoms with E-state index in [2.05, 4.69) is 29.4 Å². The third kappa shape index (κ3) is 4.20. The lowest BCUT2D eigenvalue weighted by atomic mass is 10.1. The van der Waals surface area contributed by atoms with Gasteiger partial charge in [0.25, 0.3) is 0 Å². The number of ether oxygens (including phenoxy) is 2. The Hall–Kier alpha value is -2.07. The second-order valence-corrected chi connectivity index (χ2v) is 4.78. The van der Waals surface area contributed by atoms with E-state index in [0.717, 1.165) is 11.3 Å². The lowest BCUT2D eigenvalue weighted by Crippen LogP contribution is -2.18. The highest BCUT2D eigenvalue weighted by Gasteiger charge is 2.08. The molecule has 0 aliphatic heterocycles. The molecule has 0 saturated carbocycles. The van der Waals surface area contributed by atoms with Gasteiger partial charge in [0.1, 0.15) is 5.75 Å². The summed E-state index contributed by atoms with van der Waals surface area (Å²) in [5.41, 5.74) is 2.28. The zero-order chi connectivity index (χ0) is 15.1. The van der Waals surface area contributed by atoms with Crippen molar-refractivity contribution in [2.24, 2.45) is 0 Å². The highest BCUT2D eigenvalue weighted by atomic mass is 16.5. The molecule has 112 valence electrons. The van der Waals surface area contributed by atoms with E-state index in [-0.39, 0.29) is 6.04 Å². The van der Waals surface area contributed by atoms with E-state index in [9.17, 15) is 0 Å². The minimum atomic E-state index is 0.241. The van der Waals surface area contributed by atoms with Gasteiger partial charge >= 0.3 is 0 Å². The number of nitrogens with one attached hydrogen (secondary N) is 1. The normalized spacial score (nSPS) is 12.0. The number of aromatic nitrogens is 1. The molecule has 1 unspecified atom stereocenters. The standard InChI is InChI=1S/C17H22N2O2/c1-4-21-16-9-7-14(8-10-16)13(2)19-12-15-6-5-11-18-17(15)20-3/h5-11,13,19H,4,12H2,1-3H3. The Balaban J connectivity index is 1.96. The first kappa shape index (κ1) is 15.3. The van der Waals surface area contributed by atoms with Crippen LogP contribution in [0.1, 0.15) is 31.0 Å². The van der Waals surface area contributed by atoms with Crippen LogP contribution < -0.4 is 14.8 Å². The van der Waals surface area contributed by atoms with Gasteiger partial charge in [-0.05, 0) is 37.6 Å². The van der Waals surface area contributed by atoms with Gasteiger partial charge in [0.05, 0.1) is 13.7 Å². The minimum Gasteiger partial charge on any atom is -0.494 e. The lowest BCUT2D eigenvalue weighted by molar-refractivity contribution is 0.340. The molecule has 4 nitrogen and oxygen atoms in total. The van der Waals surface area contributed by atoms with Crippen molar-refractivity contribution in [2.45, 2.75) is 26.4 Å². The molecule has 1 heterocycles. The molecule has 0 saturated heterocycles. The van der Waals surface area contributed by atoms with Gasteiger partial charge in [-0.2, -0.15) is 0 Å². The zero-order valence-electron chi connectivity index (χ0n) is 12.8. The molecule has 4 heteroatoms. The van der Waals surface area contributed by atoms with Gasteiger partial charge in [-0.25, -0.2) is 4.98 Å². The Morgan fingerprint density at radius 2 is 1.95 bits per heavy atom. The van der Waals surface area contributed by atoms with Crippen LogP contribution in [0.3, 0.4) is 0 Å². The summed E-state index contributed by atoms with van der Waals surface area (Å²) in [6, 6.07) is 12.4. The highest BCUT2D eigenvalue weighted by Crippen LogP contribution is 2.19. The van der Waals surface area contributed by atoms with E-state index in [4.69, 9.17) is 9.47 Å². The monoisotopic (exact) mass is 286 g/mol. The average Bonchev–Trinajstić information content (AvgIpc) is 2.54. The van der Waals surface area contributed by atoms with Gasteiger partial charge in [-0.1, -0.05) is 18.2 Å². The van der Waals surface area contributed by atoms with E-state index < -0.39 is 0 Å². The first-order valence-electron chi connectivity index (χ1n) is 7.18. The molecule has 0 radical (unpaired) electrons. The van der Waals surface area contributed by atoms with Gasteiger partial charge < -0.3 is 14.8 Å². The third-order valence-corrected chi connectivity index (χ3v) is 3.33. The van der Waals surface area contributed by atoms with E-state index in [0.29, 0.717) is 19.0 Å². The van der Waals surface area contributed by atoms with Crippen molar-refractivity contribution >= 4 is 0 Å².